The Balaban J connectivity index is 2.12. The Labute approximate surface area is 102 Å². The van der Waals surface area contributed by atoms with Crippen molar-refractivity contribution in [2.75, 3.05) is 19.8 Å². The van der Waals surface area contributed by atoms with Crippen molar-refractivity contribution in [1.82, 2.24) is 0 Å². The number of nitrogens with two attached hydrogens (primary N) is 1. The molecule has 1 saturated heterocycles. The molecule has 3 nitrogen and oxygen atoms in total. The summed E-state index contributed by atoms with van der Waals surface area (Å²) in [5.74, 6) is 0. The van der Waals surface area contributed by atoms with E-state index in [1.54, 1.807) is 6.07 Å². The predicted octanol–water partition coefficient (Wildman–Crippen LogP) is 2.47. The quantitative estimate of drug-likeness (QED) is 0.896. The van der Waals surface area contributed by atoms with Crippen molar-refractivity contribution in [3.8, 4) is 0 Å². The van der Waals surface area contributed by atoms with Gasteiger partial charge in [-0.25, -0.2) is 0 Å². The Hall–Kier alpha value is 0.160. The van der Waals surface area contributed by atoms with Gasteiger partial charge in [-0.05, 0) is 6.07 Å². The molecule has 6 heteroatoms. The first-order valence-corrected chi connectivity index (χ1v) is 6.15. The molecular formula is C9H11Cl2NO2S. The maximum absolute atomic E-state index is 6.04. The van der Waals surface area contributed by atoms with Gasteiger partial charge in [-0.2, -0.15) is 0 Å². The van der Waals surface area contributed by atoms with Crippen molar-refractivity contribution in [3.05, 3.63) is 20.3 Å². The van der Waals surface area contributed by atoms with Crippen LogP contribution in [0, 0.1) is 0 Å². The number of hydrogen-bond donors (Lipinski definition) is 1. The number of hydrogen-bond acceptors (Lipinski definition) is 4. The van der Waals surface area contributed by atoms with E-state index in [1.165, 1.54) is 11.3 Å². The van der Waals surface area contributed by atoms with E-state index < -0.39 is 0 Å². The molecule has 0 bridgehead atoms. The minimum atomic E-state index is -0.276. The van der Waals surface area contributed by atoms with Crippen LogP contribution in [0.1, 0.15) is 11.6 Å². The summed E-state index contributed by atoms with van der Waals surface area (Å²) in [5.41, 5.74) is 6.88. The second kappa shape index (κ2) is 4.99. The molecule has 2 unspecified atom stereocenters. The Kier molecular flexibility index (Phi) is 3.88. The van der Waals surface area contributed by atoms with Gasteiger partial charge in [-0.3, -0.25) is 0 Å². The van der Waals surface area contributed by atoms with Crippen LogP contribution < -0.4 is 5.73 Å². The average molecular weight is 268 g/mol. The highest BCUT2D eigenvalue weighted by Gasteiger charge is 2.26. The van der Waals surface area contributed by atoms with E-state index in [0.717, 1.165) is 5.56 Å². The summed E-state index contributed by atoms with van der Waals surface area (Å²) < 4.78 is 12.1. The molecule has 1 aromatic rings. The molecule has 1 fully saturated rings. The van der Waals surface area contributed by atoms with Gasteiger partial charge in [0.05, 0.1) is 34.5 Å². The third-order valence-corrected chi connectivity index (χ3v) is 3.80. The Bertz CT molecular complexity index is 339. The van der Waals surface area contributed by atoms with E-state index in [0.29, 0.717) is 28.5 Å². The second-order valence-electron chi connectivity index (χ2n) is 3.29. The van der Waals surface area contributed by atoms with E-state index in [9.17, 15) is 0 Å². The first-order chi connectivity index (χ1) is 7.18. The van der Waals surface area contributed by atoms with Crippen LogP contribution in [-0.4, -0.2) is 25.9 Å². The van der Waals surface area contributed by atoms with E-state index in [2.05, 4.69) is 0 Å². The van der Waals surface area contributed by atoms with E-state index in [4.69, 9.17) is 38.4 Å². The molecule has 1 aliphatic heterocycles. The summed E-state index contributed by atoms with van der Waals surface area (Å²) in [5, 5.41) is 0. The first-order valence-electron chi connectivity index (χ1n) is 4.58. The molecule has 15 heavy (non-hydrogen) atoms. The van der Waals surface area contributed by atoms with Gasteiger partial charge < -0.3 is 15.2 Å². The smallest absolute Gasteiger partial charge is 0.100 e. The second-order valence-corrected chi connectivity index (χ2v) is 5.58. The molecule has 0 saturated carbocycles. The zero-order valence-electron chi connectivity index (χ0n) is 7.91. The summed E-state index contributed by atoms with van der Waals surface area (Å²) in [4.78, 5) is 0. The molecule has 0 aliphatic carbocycles. The van der Waals surface area contributed by atoms with Crippen molar-refractivity contribution in [2.45, 2.75) is 12.1 Å². The van der Waals surface area contributed by atoms with Gasteiger partial charge in [-0.1, -0.05) is 23.2 Å². The van der Waals surface area contributed by atoms with E-state index in [-0.39, 0.29) is 12.1 Å². The lowest BCUT2D eigenvalue weighted by molar-refractivity contribution is -0.0975. The maximum atomic E-state index is 6.04. The summed E-state index contributed by atoms with van der Waals surface area (Å²) >= 11 is 13.2. The summed E-state index contributed by atoms with van der Waals surface area (Å²) in [6, 6.07) is 1.51. The van der Waals surface area contributed by atoms with Crippen LogP contribution in [0.3, 0.4) is 0 Å². The molecular weight excluding hydrogens is 257 g/mol. The molecule has 1 aliphatic rings. The highest BCUT2D eigenvalue weighted by molar-refractivity contribution is 7.20. The van der Waals surface area contributed by atoms with Crippen molar-refractivity contribution in [1.29, 1.82) is 0 Å². The average Bonchev–Trinajstić information content (AvgIpc) is 2.58. The third-order valence-electron chi connectivity index (χ3n) is 2.28. The largest absolute Gasteiger partial charge is 0.376 e. The lowest BCUT2D eigenvalue weighted by Crippen LogP contribution is -2.37. The normalized spacial score (nSPS) is 24.1. The fourth-order valence-corrected chi connectivity index (χ4v) is 3.06. The van der Waals surface area contributed by atoms with Gasteiger partial charge in [0, 0.05) is 5.56 Å². The number of halogens is 2. The minimum absolute atomic E-state index is 0.137. The van der Waals surface area contributed by atoms with Crippen LogP contribution in [0.2, 0.25) is 8.67 Å². The van der Waals surface area contributed by atoms with Crippen molar-refractivity contribution < 1.29 is 9.47 Å². The van der Waals surface area contributed by atoms with Crippen molar-refractivity contribution in [3.63, 3.8) is 0 Å². The van der Waals surface area contributed by atoms with Gasteiger partial charge in [0.15, 0.2) is 0 Å². The van der Waals surface area contributed by atoms with Crippen molar-refractivity contribution >= 4 is 34.5 Å². The molecule has 2 atom stereocenters. The molecule has 0 aromatic carbocycles. The van der Waals surface area contributed by atoms with Crippen LogP contribution in [0.4, 0.5) is 0 Å². The Morgan fingerprint density at radius 2 is 2.27 bits per heavy atom. The highest BCUT2D eigenvalue weighted by Crippen LogP contribution is 2.36. The molecule has 2 heterocycles. The maximum Gasteiger partial charge on any atom is 0.100 e. The van der Waals surface area contributed by atoms with E-state index in [1.807, 2.05) is 0 Å². The molecule has 1 aromatic heterocycles. The fraction of sp³-hybridized carbons (Fsp3) is 0.556. The SMILES string of the molecule is NC(c1cc(Cl)sc1Cl)C1COCCO1. The fourth-order valence-electron chi connectivity index (χ4n) is 1.49. The topological polar surface area (TPSA) is 44.5 Å². The predicted molar refractivity (Wildman–Crippen MR) is 61.8 cm³/mol. The standard InChI is InChI=1S/C9H11Cl2NO2S/c10-7-3-5(9(11)15-7)8(12)6-4-13-1-2-14-6/h3,6,8H,1-2,4,12H2. The zero-order valence-corrected chi connectivity index (χ0v) is 10.2. The Morgan fingerprint density at radius 3 is 2.80 bits per heavy atom. The highest BCUT2D eigenvalue weighted by atomic mass is 35.5. The molecule has 2 N–H and O–H groups in total. The lowest BCUT2D eigenvalue weighted by Gasteiger charge is -2.27. The van der Waals surface area contributed by atoms with Gasteiger partial charge in [0.25, 0.3) is 0 Å². The molecule has 0 amide bonds. The third kappa shape index (κ3) is 2.64. The Morgan fingerprint density at radius 1 is 1.47 bits per heavy atom. The first kappa shape index (κ1) is 11.6. The van der Waals surface area contributed by atoms with Crippen molar-refractivity contribution in [2.24, 2.45) is 5.73 Å². The van der Waals surface area contributed by atoms with Crippen LogP contribution in [-0.2, 0) is 9.47 Å². The summed E-state index contributed by atoms with van der Waals surface area (Å²) in [7, 11) is 0. The molecule has 0 spiro atoms. The zero-order chi connectivity index (χ0) is 10.8. The minimum Gasteiger partial charge on any atom is -0.376 e. The van der Waals surface area contributed by atoms with Crippen LogP contribution in [0.25, 0.3) is 0 Å². The molecule has 0 radical (unpaired) electrons. The van der Waals surface area contributed by atoms with Gasteiger partial charge >= 0.3 is 0 Å². The van der Waals surface area contributed by atoms with Gasteiger partial charge in [0.1, 0.15) is 6.10 Å². The summed E-state index contributed by atoms with van der Waals surface area (Å²) in [6.07, 6.45) is -0.137. The van der Waals surface area contributed by atoms with Gasteiger partial charge in [-0.15, -0.1) is 11.3 Å². The number of rotatable bonds is 2. The molecule has 2 rings (SSSR count). The van der Waals surface area contributed by atoms with Crippen LogP contribution >= 0.6 is 34.5 Å². The van der Waals surface area contributed by atoms with Crippen LogP contribution in [0.15, 0.2) is 6.07 Å². The lowest BCUT2D eigenvalue weighted by atomic mass is 10.1. The monoisotopic (exact) mass is 267 g/mol. The number of thiophene rings is 1. The van der Waals surface area contributed by atoms with E-state index >= 15 is 0 Å². The number of ether oxygens (including phenoxy) is 2. The van der Waals surface area contributed by atoms with Gasteiger partial charge in [0.2, 0.25) is 0 Å². The molecule has 84 valence electrons. The summed E-state index contributed by atoms with van der Waals surface area (Å²) in [6.45, 7) is 1.71. The van der Waals surface area contributed by atoms with Crippen LogP contribution in [0.5, 0.6) is 0 Å².